The number of methoxy groups -OCH3 is 1. The number of ketones is 1. The molecule has 2 aliphatic rings. The Morgan fingerprint density at radius 2 is 1.80 bits per heavy atom. The van der Waals surface area contributed by atoms with Crippen molar-refractivity contribution >= 4 is 5.78 Å². The Hall–Kier alpha value is -2.20. The predicted octanol–water partition coefficient (Wildman–Crippen LogP) is 5.46. The highest BCUT2D eigenvalue weighted by Crippen LogP contribution is 2.48. The average Bonchev–Trinajstić information content (AvgIpc) is 3.11. The zero-order valence-corrected chi connectivity index (χ0v) is 18.1. The number of rotatable bonds is 7. The maximum absolute atomic E-state index is 13.0. The summed E-state index contributed by atoms with van der Waals surface area (Å²) in [6, 6.07) is 13.0. The van der Waals surface area contributed by atoms with E-state index in [0.717, 1.165) is 18.7 Å². The van der Waals surface area contributed by atoms with Crippen LogP contribution in [-0.2, 0) is 12.8 Å². The number of carbonyl (C=O) groups is 1. The van der Waals surface area contributed by atoms with Crippen LogP contribution < -0.4 is 4.74 Å². The minimum atomic E-state index is -0.300. The van der Waals surface area contributed by atoms with Crippen LogP contribution >= 0.6 is 0 Å². The number of fused-ring (bicyclic) bond motifs is 1. The summed E-state index contributed by atoms with van der Waals surface area (Å²) in [5.41, 5.74) is 4.02. The smallest absolute Gasteiger partial charge is 0.162 e. The largest absolute Gasteiger partial charge is 0.497 e. The number of benzene rings is 2. The highest BCUT2D eigenvalue weighted by Gasteiger charge is 2.40. The van der Waals surface area contributed by atoms with E-state index in [1.165, 1.54) is 61.8 Å². The van der Waals surface area contributed by atoms with Crippen molar-refractivity contribution < 1.29 is 13.9 Å². The molecule has 1 fully saturated rings. The van der Waals surface area contributed by atoms with Crippen molar-refractivity contribution in [2.45, 2.75) is 57.4 Å². The number of halogens is 1. The van der Waals surface area contributed by atoms with Crippen molar-refractivity contribution in [3.8, 4) is 5.75 Å². The van der Waals surface area contributed by atoms with Crippen LogP contribution in [0, 0.1) is 11.2 Å². The average molecular weight is 410 g/mol. The molecule has 0 atom stereocenters. The lowest BCUT2D eigenvalue weighted by Crippen LogP contribution is -2.39. The number of hydrogen-bond acceptors (Lipinski definition) is 3. The maximum Gasteiger partial charge on any atom is 0.162 e. The zero-order valence-electron chi connectivity index (χ0n) is 18.1. The SMILES string of the molecule is COc1ccc2c(c1)CC1(CCC(N(C)CCCC(=O)c3ccc(F)cc3)CC1)C2. The van der Waals surface area contributed by atoms with Gasteiger partial charge in [0.1, 0.15) is 11.6 Å². The third-order valence-corrected chi connectivity index (χ3v) is 7.26. The van der Waals surface area contributed by atoms with Crippen molar-refractivity contribution in [2.75, 3.05) is 20.7 Å². The molecule has 3 nitrogen and oxygen atoms in total. The van der Waals surface area contributed by atoms with Gasteiger partial charge in [0, 0.05) is 18.0 Å². The summed E-state index contributed by atoms with van der Waals surface area (Å²) in [7, 11) is 3.93. The highest BCUT2D eigenvalue weighted by molar-refractivity contribution is 5.95. The van der Waals surface area contributed by atoms with Gasteiger partial charge < -0.3 is 9.64 Å². The summed E-state index contributed by atoms with van der Waals surface area (Å²) in [5, 5.41) is 0. The molecule has 1 spiro atoms. The summed E-state index contributed by atoms with van der Waals surface area (Å²) >= 11 is 0. The molecule has 2 aromatic rings. The number of carbonyl (C=O) groups excluding carboxylic acids is 1. The Morgan fingerprint density at radius 3 is 2.50 bits per heavy atom. The standard InChI is InChI=1S/C26H32FNO2/c1-28(15-3-4-25(29)19-5-8-22(27)9-6-19)23-11-13-26(14-12-23)17-20-7-10-24(30-2)16-21(20)18-26/h5-10,16,23H,3-4,11-15,17-18H2,1-2H3. The van der Waals surface area contributed by atoms with Crippen LogP contribution in [-0.4, -0.2) is 37.4 Å². The fraction of sp³-hybridized carbons (Fsp3) is 0.500. The molecule has 0 aliphatic heterocycles. The van der Waals surface area contributed by atoms with Crippen LogP contribution in [0.2, 0.25) is 0 Å². The highest BCUT2D eigenvalue weighted by atomic mass is 19.1. The van der Waals surface area contributed by atoms with Gasteiger partial charge in [-0.1, -0.05) is 6.07 Å². The van der Waals surface area contributed by atoms with Crippen molar-refractivity contribution in [1.29, 1.82) is 0 Å². The number of nitrogens with zero attached hydrogens (tertiary/aromatic N) is 1. The summed E-state index contributed by atoms with van der Waals surface area (Å²) < 4.78 is 18.4. The van der Waals surface area contributed by atoms with Crippen molar-refractivity contribution in [1.82, 2.24) is 4.90 Å². The number of Topliss-reactive ketones (excluding diaryl/α,β-unsaturated/α-hetero) is 1. The normalized spacial score (nSPS) is 23.0. The van der Waals surface area contributed by atoms with Crippen LogP contribution in [0.25, 0.3) is 0 Å². The number of hydrogen-bond donors (Lipinski definition) is 0. The second-order valence-corrected chi connectivity index (χ2v) is 9.23. The van der Waals surface area contributed by atoms with Gasteiger partial charge in [-0.15, -0.1) is 0 Å². The van der Waals surface area contributed by atoms with E-state index in [2.05, 4.69) is 30.1 Å². The van der Waals surface area contributed by atoms with E-state index >= 15 is 0 Å². The van der Waals surface area contributed by atoms with Gasteiger partial charge in [-0.25, -0.2) is 4.39 Å². The quantitative estimate of drug-likeness (QED) is 0.569. The van der Waals surface area contributed by atoms with Crippen molar-refractivity contribution in [2.24, 2.45) is 5.41 Å². The van der Waals surface area contributed by atoms with Crippen LogP contribution in [0.5, 0.6) is 5.75 Å². The second-order valence-electron chi connectivity index (χ2n) is 9.23. The summed E-state index contributed by atoms with van der Waals surface area (Å²) in [6.07, 6.45) is 8.75. The molecule has 2 aromatic carbocycles. The van der Waals surface area contributed by atoms with Crippen LogP contribution in [0.3, 0.4) is 0 Å². The molecule has 4 heteroatoms. The van der Waals surface area contributed by atoms with E-state index in [0.29, 0.717) is 23.4 Å². The van der Waals surface area contributed by atoms with Gasteiger partial charge in [-0.05, 0) is 111 Å². The summed E-state index contributed by atoms with van der Waals surface area (Å²) in [5.74, 6) is 0.769. The van der Waals surface area contributed by atoms with Gasteiger partial charge in [-0.3, -0.25) is 4.79 Å². The molecule has 0 aromatic heterocycles. The molecule has 0 N–H and O–H groups in total. The summed E-state index contributed by atoms with van der Waals surface area (Å²) in [6.45, 7) is 0.933. The molecule has 2 aliphatic carbocycles. The van der Waals surface area contributed by atoms with Gasteiger partial charge in [0.05, 0.1) is 7.11 Å². The Kier molecular flexibility index (Phi) is 6.24. The molecule has 30 heavy (non-hydrogen) atoms. The molecule has 0 bridgehead atoms. The fourth-order valence-electron chi connectivity index (χ4n) is 5.40. The monoisotopic (exact) mass is 409 g/mol. The minimum Gasteiger partial charge on any atom is -0.497 e. The topological polar surface area (TPSA) is 29.5 Å². The molecular formula is C26H32FNO2. The Morgan fingerprint density at radius 1 is 1.10 bits per heavy atom. The molecule has 0 unspecified atom stereocenters. The second kappa shape index (κ2) is 8.89. The third-order valence-electron chi connectivity index (χ3n) is 7.26. The van der Waals surface area contributed by atoms with E-state index in [4.69, 9.17) is 4.74 Å². The molecule has 4 rings (SSSR count). The Bertz CT molecular complexity index is 884. The van der Waals surface area contributed by atoms with Crippen molar-refractivity contribution in [3.63, 3.8) is 0 Å². The molecule has 0 amide bonds. The first kappa shape index (κ1) is 21.0. The first-order valence-corrected chi connectivity index (χ1v) is 11.1. The molecule has 160 valence electrons. The lowest BCUT2D eigenvalue weighted by Gasteiger charge is -2.40. The maximum atomic E-state index is 13.0. The first-order chi connectivity index (χ1) is 14.5. The molecule has 0 radical (unpaired) electrons. The third kappa shape index (κ3) is 4.59. The lowest BCUT2D eigenvalue weighted by atomic mass is 9.70. The molecule has 0 heterocycles. The minimum absolute atomic E-state index is 0.102. The van der Waals surface area contributed by atoms with Gasteiger partial charge in [0.25, 0.3) is 0 Å². The van der Waals surface area contributed by atoms with Crippen LogP contribution in [0.15, 0.2) is 42.5 Å². The Labute approximate surface area is 179 Å². The van der Waals surface area contributed by atoms with Gasteiger partial charge in [-0.2, -0.15) is 0 Å². The molecule has 1 saturated carbocycles. The molecular weight excluding hydrogens is 377 g/mol. The fourth-order valence-corrected chi connectivity index (χ4v) is 5.40. The van der Waals surface area contributed by atoms with Gasteiger partial charge >= 0.3 is 0 Å². The Balaban J connectivity index is 1.23. The lowest BCUT2D eigenvalue weighted by molar-refractivity contribution is 0.0948. The van der Waals surface area contributed by atoms with Gasteiger partial charge in [0.2, 0.25) is 0 Å². The van der Waals surface area contributed by atoms with Crippen LogP contribution in [0.1, 0.15) is 60.0 Å². The summed E-state index contributed by atoms with van der Waals surface area (Å²) in [4.78, 5) is 14.7. The molecule has 0 saturated heterocycles. The zero-order chi connectivity index (χ0) is 21.1. The van der Waals surface area contributed by atoms with Crippen LogP contribution in [0.4, 0.5) is 4.39 Å². The first-order valence-electron chi connectivity index (χ1n) is 11.1. The predicted molar refractivity (Wildman–Crippen MR) is 118 cm³/mol. The van der Waals surface area contributed by atoms with E-state index in [1.807, 2.05) is 0 Å². The number of ether oxygens (including phenoxy) is 1. The van der Waals surface area contributed by atoms with Crippen molar-refractivity contribution in [3.05, 3.63) is 65.0 Å². The van der Waals surface area contributed by atoms with E-state index in [-0.39, 0.29) is 11.6 Å². The van der Waals surface area contributed by atoms with E-state index < -0.39 is 0 Å². The van der Waals surface area contributed by atoms with Gasteiger partial charge in [0.15, 0.2) is 5.78 Å². The van der Waals surface area contributed by atoms with E-state index in [1.54, 1.807) is 19.2 Å². The van der Waals surface area contributed by atoms with E-state index in [9.17, 15) is 9.18 Å².